The first-order valence-electron chi connectivity index (χ1n) is 6.41. The Bertz CT molecular complexity index is 407. The summed E-state index contributed by atoms with van der Waals surface area (Å²) >= 11 is 0. The average molecular weight is 266 g/mol. The number of nitrogens with one attached hydrogen (secondary N) is 1. The van der Waals surface area contributed by atoms with E-state index in [0.717, 1.165) is 0 Å². The topological polar surface area (TPSA) is 84.6 Å². The van der Waals surface area contributed by atoms with Crippen molar-refractivity contribution < 1.29 is 14.6 Å². The molecule has 0 saturated heterocycles. The Morgan fingerprint density at radius 2 is 2.11 bits per heavy atom. The molecule has 0 aliphatic heterocycles. The number of nitrogens with two attached hydrogens (primary N) is 1. The number of carbonyl (C=O) groups excluding carboxylic acids is 1. The number of aliphatic hydroxyl groups excluding tert-OH is 1. The molecule has 0 aliphatic rings. The molecule has 0 heterocycles. The molecule has 0 saturated carbocycles. The molecule has 5 nitrogen and oxygen atoms in total. The lowest BCUT2D eigenvalue weighted by molar-refractivity contribution is 0.0960. The summed E-state index contributed by atoms with van der Waals surface area (Å²) in [5.41, 5.74) is 5.80. The van der Waals surface area contributed by atoms with E-state index in [1.807, 2.05) is 13.8 Å². The van der Waals surface area contributed by atoms with E-state index in [-0.39, 0.29) is 18.9 Å². The predicted octanol–water partition coefficient (Wildman–Crippen LogP) is 0.566. The number of aliphatic hydroxyl groups is 1. The van der Waals surface area contributed by atoms with Crippen molar-refractivity contribution in [1.82, 2.24) is 5.32 Å². The number of rotatable bonds is 8. The molecule has 0 aliphatic carbocycles. The molecular weight excluding hydrogens is 244 g/mol. The van der Waals surface area contributed by atoms with Crippen molar-refractivity contribution in [3.05, 3.63) is 29.8 Å². The minimum atomic E-state index is -0.622. The lowest BCUT2D eigenvalue weighted by atomic mass is 10.1. The van der Waals surface area contributed by atoms with Crippen LogP contribution in [0.25, 0.3) is 0 Å². The Balaban J connectivity index is 2.55. The van der Waals surface area contributed by atoms with Gasteiger partial charge >= 0.3 is 0 Å². The molecule has 0 fully saturated rings. The summed E-state index contributed by atoms with van der Waals surface area (Å²) in [5, 5.41) is 12.9. The van der Waals surface area contributed by atoms with E-state index in [1.165, 1.54) is 0 Å². The van der Waals surface area contributed by atoms with E-state index in [4.69, 9.17) is 10.5 Å². The third-order valence-corrected chi connectivity index (χ3v) is 2.57. The molecule has 1 aromatic rings. The number of hydrogen-bond acceptors (Lipinski definition) is 5. The molecular formula is C14H22N2O3. The van der Waals surface area contributed by atoms with Crippen LogP contribution < -0.4 is 15.8 Å². The molecule has 1 rings (SSSR count). The van der Waals surface area contributed by atoms with E-state index in [2.05, 4.69) is 5.32 Å². The van der Waals surface area contributed by atoms with Gasteiger partial charge in [-0.1, -0.05) is 26.0 Å². The van der Waals surface area contributed by atoms with Gasteiger partial charge in [-0.2, -0.15) is 0 Å². The minimum Gasteiger partial charge on any atom is -0.490 e. The largest absolute Gasteiger partial charge is 0.490 e. The van der Waals surface area contributed by atoms with E-state index in [0.29, 0.717) is 23.9 Å². The SMILES string of the molecule is CC(C)NCC(O)COc1ccccc1C(=O)CN. The van der Waals surface area contributed by atoms with Crippen LogP contribution in [0.4, 0.5) is 0 Å². The lowest BCUT2D eigenvalue weighted by Gasteiger charge is -2.16. The van der Waals surface area contributed by atoms with E-state index < -0.39 is 6.10 Å². The fourth-order valence-corrected chi connectivity index (χ4v) is 1.55. The Labute approximate surface area is 113 Å². The normalized spacial score (nSPS) is 12.5. The summed E-state index contributed by atoms with van der Waals surface area (Å²) in [4.78, 5) is 11.6. The molecule has 0 bridgehead atoms. The smallest absolute Gasteiger partial charge is 0.180 e. The number of hydrogen-bond donors (Lipinski definition) is 3. The maximum atomic E-state index is 11.6. The van der Waals surface area contributed by atoms with Crippen LogP contribution in [0.3, 0.4) is 0 Å². The Morgan fingerprint density at radius 3 is 2.74 bits per heavy atom. The molecule has 0 radical (unpaired) electrons. The lowest BCUT2D eigenvalue weighted by Crippen LogP contribution is -2.35. The van der Waals surface area contributed by atoms with Gasteiger partial charge in [-0.05, 0) is 12.1 Å². The first kappa shape index (κ1) is 15.6. The van der Waals surface area contributed by atoms with E-state index >= 15 is 0 Å². The van der Waals surface area contributed by atoms with Crippen LogP contribution in [0.2, 0.25) is 0 Å². The highest BCUT2D eigenvalue weighted by Crippen LogP contribution is 2.18. The van der Waals surface area contributed by atoms with Gasteiger partial charge < -0.3 is 20.9 Å². The van der Waals surface area contributed by atoms with Crippen molar-refractivity contribution in [1.29, 1.82) is 0 Å². The third kappa shape index (κ3) is 5.38. The maximum absolute atomic E-state index is 11.6. The highest BCUT2D eigenvalue weighted by molar-refractivity contribution is 5.99. The summed E-state index contributed by atoms with van der Waals surface area (Å²) in [6.07, 6.45) is -0.622. The Hall–Kier alpha value is -1.43. The zero-order valence-corrected chi connectivity index (χ0v) is 11.4. The second-order valence-electron chi connectivity index (χ2n) is 4.65. The molecule has 0 spiro atoms. The van der Waals surface area contributed by atoms with Crippen molar-refractivity contribution >= 4 is 5.78 Å². The molecule has 0 amide bonds. The number of carbonyl (C=O) groups is 1. The number of para-hydroxylation sites is 1. The van der Waals surface area contributed by atoms with Crippen LogP contribution in [0, 0.1) is 0 Å². The fourth-order valence-electron chi connectivity index (χ4n) is 1.55. The number of ketones is 1. The van der Waals surface area contributed by atoms with Gasteiger partial charge in [0.1, 0.15) is 18.5 Å². The van der Waals surface area contributed by atoms with E-state index in [1.54, 1.807) is 24.3 Å². The van der Waals surface area contributed by atoms with Gasteiger partial charge in [-0.25, -0.2) is 0 Å². The number of Topliss-reactive ketones (excluding diaryl/α,β-unsaturated/α-hetero) is 1. The Morgan fingerprint density at radius 1 is 1.42 bits per heavy atom. The van der Waals surface area contributed by atoms with Gasteiger partial charge in [0.05, 0.1) is 12.1 Å². The fraction of sp³-hybridized carbons (Fsp3) is 0.500. The van der Waals surface area contributed by atoms with Gasteiger partial charge in [-0.15, -0.1) is 0 Å². The van der Waals surface area contributed by atoms with Crippen molar-refractivity contribution in [3.8, 4) is 5.75 Å². The van der Waals surface area contributed by atoms with Crippen LogP contribution in [0.15, 0.2) is 24.3 Å². The van der Waals surface area contributed by atoms with Gasteiger partial charge in [0.15, 0.2) is 5.78 Å². The monoisotopic (exact) mass is 266 g/mol. The number of benzene rings is 1. The van der Waals surface area contributed by atoms with Gasteiger partial charge in [0.25, 0.3) is 0 Å². The van der Waals surface area contributed by atoms with Gasteiger partial charge in [-0.3, -0.25) is 4.79 Å². The van der Waals surface area contributed by atoms with Crippen molar-refractivity contribution in [3.63, 3.8) is 0 Å². The molecule has 0 aromatic heterocycles. The first-order valence-corrected chi connectivity index (χ1v) is 6.41. The van der Waals surface area contributed by atoms with Crippen LogP contribution in [0.5, 0.6) is 5.75 Å². The minimum absolute atomic E-state index is 0.0577. The molecule has 1 unspecified atom stereocenters. The van der Waals surface area contributed by atoms with Crippen molar-refractivity contribution in [2.24, 2.45) is 5.73 Å². The summed E-state index contributed by atoms with van der Waals surface area (Å²) in [5.74, 6) is 0.284. The van der Waals surface area contributed by atoms with Crippen LogP contribution >= 0.6 is 0 Å². The van der Waals surface area contributed by atoms with E-state index in [9.17, 15) is 9.90 Å². The second-order valence-corrected chi connectivity index (χ2v) is 4.65. The van der Waals surface area contributed by atoms with Crippen LogP contribution in [0.1, 0.15) is 24.2 Å². The summed E-state index contributed by atoms with van der Waals surface area (Å²) in [6, 6.07) is 7.21. The standard InChI is InChI=1S/C14H22N2O3/c1-10(2)16-8-11(17)9-19-14-6-4-3-5-12(14)13(18)7-15/h3-6,10-11,16-17H,7-9,15H2,1-2H3. The van der Waals surface area contributed by atoms with Gasteiger partial charge in [0, 0.05) is 12.6 Å². The molecule has 1 atom stereocenters. The van der Waals surface area contributed by atoms with Crippen molar-refractivity contribution in [2.45, 2.75) is 26.0 Å². The summed E-state index contributed by atoms with van der Waals surface area (Å²) in [7, 11) is 0. The molecule has 19 heavy (non-hydrogen) atoms. The first-order chi connectivity index (χ1) is 9.04. The zero-order chi connectivity index (χ0) is 14.3. The summed E-state index contributed by atoms with van der Waals surface area (Å²) in [6.45, 7) is 4.53. The van der Waals surface area contributed by atoms with Crippen molar-refractivity contribution in [2.75, 3.05) is 19.7 Å². The summed E-state index contributed by atoms with van der Waals surface area (Å²) < 4.78 is 5.49. The highest BCUT2D eigenvalue weighted by Gasteiger charge is 2.12. The molecule has 4 N–H and O–H groups in total. The second kappa shape index (κ2) is 7.89. The zero-order valence-electron chi connectivity index (χ0n) is 11.4. The number of ether oxygens (including phenoxy) is 1. The molecule has 1 aromatic carbocycles. The predicted molar refractivity (Wildman–Crippen MR) is 74.5 cm³/mol. The quantitative estimate of drug-likeness (QED) is 0.599. The molecule has 106 valence electrons. The maximum Gasteiger partial charge on any atom is 0.180 e. The average Bonchev–Trinajstić information content (AvgIpc) is 2.42. The highest BCUT2D eigenvalue weighted by atomic mass is 16.5. The van der Waals surface area contributed by atoms with Crippen LogP contribution in [-0.4, -0.2) is 42.7 Å². The van der Waals surface area contributed by atoms with Gasteiger partial charge in [0.2, 0.25) is 0 Å². The third-order valence-electron chi connectivity index (χ3n) is 2.57. The van der Waals surface area contributed by atoms with Crippen LogP contribution in [-0.2, 0) is 0 Å². The molecule has 5 heteroatoms. The Kier molecular flexibility index (Phi) is 6.49.